The Kier molecular flexibility index (Phi) is 4.43. The van der Waals surface area contributed by atoms with E-state index in [0.717, 1.165) is 22.2 Å². The van der Waals surface area contributed by atoms with Gasteiger partial charge in [0.15, 0.2) is 5.65 Å². The molecule has 0 aliphatic carbocycles. The Morgan fingerprint density at radius 3 is 2.35 bits per heavy atom. The van der Waals surface area contributed by atoms with E-state index in [4.69, 9.17) is 0 Å². The van der Waals surface area contributed by atoms with Crippen molar-refractivity contribution in [2.45, 2.75) is 13.1 Å². The molecule has 0 aliphatic rings. The van der Waals surface area contributed by atoms with Crippen LogP contribution in [0.3, 0.4) is 0 Å². The largest absolute Gasteiger partial charge is 0.348 e. The van der Waals surface area contributed by atoms with Crippen molar-refractivity contribution in [3.05, 3.63) is 95.8 Å². The zero-order valence-electron chi connectivity index (χ0n) is 14.2. The highest BCUT2D eigenvalue weighted by Crippen LogP contribution is 2.15. The minimum Gasteiger partial charge on any atom is -0.348 e. The molecule has 0 saturated heterocycles. The molecule has 2 heterocycles. The molecule has 0 aliphatic heterocycles. The van der Waals surface area contributed by atoms with Gasteiger partial charge in [-0.15, -0.1) is 0 Å². The van der Waals surface area contributed by atoms with Crippen LogP contribution in [0.15, 0.2) is 79.1 Å². The Hall–Kier alpha value is -3.47. The minimum absolute atomic E-state index is 0.140. The lowest BCUT2D eigenvalue weighted by Gasteiger charge is -2.06. The van der Waals surface area contributed by atoms with Crippen LogP contribution in [0.1, 0.15) is 21.5 Å². The van der Waals surface area contributed by atoms with Crippen LogP contribution in [0.25, 0.3) is 11.0 Å². The van der Waals surface area contributed by atoms with E-state index in [2.05, 4.69) is 27.5 Å². The summed E-state index contributed by atoms with van der Waals surface area (Å²) in [5.74, 6) is -0.140. The number of nitrogens with zero attached hydrogens (tertiary/aromatic N) is 3. The van der Waals surface area contributed by atoms with Gasteiger partial charge in [0.2, 0.25) is 0 Å². The summed E-state index contributed by atoms with van der Waals surface area (Å²) in [5, 5.41) is 8.18. The molecule has 0 bridgehead atoms. The Labute approximate surface area is 151 Å². The van der Waals surface area contributed by atoms with Gasteiger partial charge in [0.25, 0.3) is 5.91 Å². The predicted octanol–water partition coefficient (Wildman–Crippen LogP) is 3.41. The fourth-order valence-corrected chi connectivity index (χ4v) is 2.85. The van der Waals surface area contributed by atoms with E-state index in [1.165, 1.54) is 0 Å². The van der Waals surface area contributed by atoms with E-state index >= 15 is 0 Å². The molecule has 26 heavy (non-hydrogen) atoms. The van der Waals surface area contributed by atoms with Gasteiger partial charge in [-0.1, -0.05) is 60.7 Å². The van der Waals surface area contributed by atoms with Crippen molar-refractivity contribution < 1.29 is 4.79 Å². The molecule has 2 aromatic heterocycles. The third kappa shape index (κ3) is 3.47. The predicted molar refractivity (Wildman–Crippen MR) is 101 cm³/mol. The topological polar surface area (TPSA) is 59.8 Å². The first-order valence-corrected chi connectivity index (χ1v) is 8.47. The minimum atomic E-state index is -0.140. The van der Waals surface area contributed by atoms with Crippen LogP contribution in [0.4, 0.5) is 0 Å². The lowest BCUT2D eigenvalue weighted by Crippen LogP contribution is -2.22. The van der Waals surface area contributed by atoms with Crippen LogP contribution in [-0.2, 0) is 13.1 Å². The Balaban J connectivity index is 1.50. The van der Waals surface area contributed by atoms with Crippen molar-refractivity contribution in [1.82, 2.24) is 20.1 Å². The van der Waals surface area contributed by atoms with E-state index in [-0.39, 0.29) is 5.91 Å². The van der Waals surface area contributed by atoms with Crippen molar-refractivity contribution in [1.29, 1.82) is 0 Å². The number of amides is 1. The SMILES string of the molecule is O=C(NCc1ccccc1)c1cnc2c(cnn2Cc2ccccc2)c1. The van der Waals surface area contributed by atoms with Crippen LogP contribution in [0, 0.1) is 0 Å². The average molecular weight is 342 g/mol. The molecule has 1 N–H and O–H groups in total. The molecule has 0 radical (unpaired) electrons. The second-order valence-corrected chi connectivity index (χ2v) is 6.09. The molecular weight excluding hydrogens is 324 g/mol. The summed E-state index contributed by atoms with van der Waals surface area (Å²) in [4.78, 5) is 16.8. The Bertz CT molecular complexity index is 1030. The van der Waals surface area contributed by atoms with Gasteiger partial charge in [-0.25, -0.2) is 9.67 Å². The zero-order valence-corrected chi connectivity index (χ0v) is 14.2. The summed E-state index contributed by atoms with van der Waals surface area (Å²) in [7, 11) is 0. The highest BCUT2D eigenvalue weighted by atomic mass is 16.1. The van der Waals surface area contributed by atoms with Crippen LogP contribution in [-0.4, -0.2) is 20.7 Å². The van der Waals surface area contributed by atoms with Gasteiger partial charge in [0.1, 0.15) is 0 Å². The Morgan fingerprint density at radius 1 is 0.923 bits per heavy atom. The number of nitrogens with one attached hydrogen (secondary N) is 1. The number of benzene rings is 2. The molecule has 1 amide bonds. The first-order chi connectivity index (χ1) is 12.8. The van der Waals surface area contributed by atoms with E-state index in [9.17, 15) is 4.79 Å². The zero-order chi connectivity index (χ0) is 17.8. The molecule has 5 nitrogen and oxygen atoms in total. The van der Waals surface area contributed by atoms with Gasteiger partial charge in [0.05, 0.1) is 18.3 Å². The molecule has 2 aromatic carbocycles. The van der Waals surface area contributed by atoms with Gasteiger partial charge >= 0.3 is 0 Å². The maximum atomic E-state index is 12.4. The number of fused-ring (bicyclic) bond motifs is 1. The van der Waals surface area contributed by atoms with Crippen LogP contribution < -0.4 is 5.32 Å². The molecular formula is C21H18N4O. The van der Waals surface area contributed by atoms with Crippen molar-refractivity contribution in [3.8, 4) is 0 Å². The molecule has 4 aromatic rings. The molecule has 0 saturated carbocycles. The molecule has 0 fully saturated rings. The van der Waals surface area contributed by atoms with E-state index in [1.54, 1.807) is 12.4 Å². The second-order valence-electron chi connectivity index (χ2n) is 6.09. The van der Waals surface area contributed by atoms with Gasteiger partial charge in [-0.05, 0) is 17.2 Å². The van der Waals surface area contributed by atoms with Gasteiger partial charge in [-0.2, -0.15) is 5.10 Å². The number of hydrogen-bond donors (Lipinski definition) is 1. The highest BCUT2D eigenvalue weighted by Gasteiger charge is 2.10. The summed E-state index contributed by atoms with van der Waals surface area (Å²) in [6, 6.07) is 21.8. The van der Waals surface area contributed by atoms with Crippen molar-refractivity contribution >= 4 is 16.9 Å². The smallest absolute Gasteiger partial charge is 0.253 e. The summed E-state index contributed by atoms with van der Waals surface area (Å²) >= 11 is 0. The third-order valence-electron chi connectivity index (χ3n) is 4.21. The fourth-order valence-electron chi connectivity index (χ4n) is 2.85. The van der Waals surface area contributed by atoms with Crippen LogP contribution >= 0.6 is 0 Å². The normalized spacial score (nSPS) is 10.8. The van der Waals surface area contributed by atoms with E-state index < -0.39 is 0 Å². The molecule has 0 atom stereocenters. The Morgan fingerprint density at radius 2 is 1.62 bits per heavy atom. The van der Waals surface area contributed by atoms with Crippen LogP contribution in [0.2, 0.25) is 0 Å². The van der Waals surface area contributed by atoms with Crippen LogP contribution in [0.5, 0.6) is 0 Å². The number of pyridine rings is 1. The highest BCUT2D eigenvalue weighted by molar-refractivity contribution is 5.96. The maximum absolute atomic E-state index is 12.4. The van der Waals surface area contributed by atoms with Crippen molar-refractivity contribution in [3.63, 3.8) is 0 Å². The van der Waals surface area contributed by atoms with E-state index in [0.29, 0.717) is 18.7 Å². The van der Waals surface area contributed by atoms with Gasteiger partial charge < -0.3 is 5.32 Å². The van der Waals surface area contributed by atoms with Gasteiger partial charge in [-0.3, -0.25) is 4.79 Å². The summed E-state index contributed by atoms with van der Waals surface area (Å²) < 4.78 is 1.84. The standard InChI is InChI=1S/C21H18N4O/c26-21(23-12-16-7-3-1-4-8-16)19-11-18-14-24-25(20(18)22-13-19)15-17-9-5-2-6-10-17/h1-11,13-14H,12,15H2,(H,23,26). The van der Waals surface area contributed by atoms with Crippen molar-refractivity contribution in [2.75, 3.05) is 0 Å². The number of carbonyl (C=O) groups is 1. The summed E-state index contributed by atoms with van der Waals surface area (Å²) in [5.41, 5.74) is 3.52. The molecule has 5 heteroatoms. The average Bonchev–Trinajstić information content (AvgIpc) is 3.10. The summed E-state index contributed by atoms with van der Waals surface area (Å²) in [6.45, 7) is 1.14. The molecule has 4 rings (SSSR count). The number of aromatic nitrogens is 3. The first-order valence-electron chi connectivity index (χ1n) is 8.47. The maximum Gasteiger partial charge on any atom is 0.253 e. The van der Waals surface area contributed by atoms with Gasteiger partial charge in [0, 0.05) is 18.1 Å². The first kappa shape index (κ1) is 16.0. The number of carbonyl (C=O) groups excluding carboxylic acids is 1. The molecule has 0 spiro atoms. The monoisotopic (exact) mass is 342 g/mol. The number of rotatable bonds is 5. The second kappa shape index (κ2) is 7.19. The summed E-state index contributed by atoms with van der Waals surface area (Å²) in [6.07, 6.45) is 3.35. The lowest BCUT2D eigenvalue weighted by molar-refractivity contribution is 0.0950. The quantitative estimate of drug-likeness (QED) is 0.605. The molecule has 0 unspecified atom stereocenters. The molecule has 128 valence electrons. The number of hydrogen-bond acceptors (Lipinski definition) is 3. The van der Waals surface area contributed by atoms with E-state index in [1.807, 2.05) is 59.3 Å². The third-order valence-corrected chi connectivity index (χ3v) is 4.21. The van der Waals surface area contributed by atoms with Crippen molar-refractivity contribution in [2.24, 2.45) is 0 Å². The fraction of sp³-hybridized carbons (Fsp3) is 0.0952. The lowest BCUT2D eigenvalue weighted by atomic mass is 10.2.